The van der Waals surface area contributed by atoms with Gasteiger partial charge in [-0.15, -0.1) is 0 Å². The largest absolute Gasteiger partial charge is 0.381 e. The topological polar surface area (TPSA) is 43.8 Å². The van der Waals surface area contributed by atoms with Crippen LogP contribution in [0.15, 0.2) is 24.5 Å². The van der Waals surface area contributed by atoms with Crippen LogP contribution in [0.1, 0.15) is 31.2 Å². The number of hydrogen-bond acceptors (Lipinski definition) is 5. The molecule has 0 N–H and O–H groups in total. The molecule has 4 rings (SSSR count). The second-order valence-electron chi connectivity index (χ2n) is 7.23. The molecule has 2 saturated heterocycles. The van der Waals surface area contributed by atoms with Gasteiger partial charge in [0.2, 0.25) is 0 Å². The predicted molar refractivity (Wildman–Crippen MR) is 90.7 cm³/mol. The first-order valence-corrected chi connectivity index (χ1v) is 9.34. The monoisotopic (exact) mass is 332 g/mol. The van der Waals surface area contributed by atoms with Gasteiger partial charge in [0.25, 0.3) is 0 Å². The van der Waals surface area contributed by atoms with E-state index in [4.69, 9.17) is 14.2 Å². The highest BCUT2D eigenvalue weighted by Crippen LogP contribution is 2.33. The van der Waals surface area contributed by atoms with Gasteiger partial charge >= 0.3 is 0 Å². The molecule has 3 heterocycles. The minimum absolute atomic E-state index is 0.237. The number of nitrogens with zero attached hydrogens (tertiary/aromatic N) is 2. The molecule has 1 saturated carbocycles. The fourth-order valence-electron chi connectivity index (χ4n) is 4.26. The van der Waals surface area contributed by atoms with Crippen LogP contribution in [0.2, 0.25) is 0 Å². The zero-order chi connectivity index (χ0) is 16.2. The van der Waals surface area contributed by atoms with Crippen molar-refractivity contribution in [2.45, 2.75) is 50.5 Å². The first kappa shape index (κ1) is 16.5. The number of fused-ring (bicyclic) bond motifs is 1. The number of rotatable bonds is 5. The minimum Gasteiger partial charge on any atom is -0.381 e. The summed E-state index contributed by atoms with van der Waals surface area (Å²) >= 11 is 0. The minimum atomic E-state index is 0.237. The predicted octanol–water partition coefficient (Wildman–Crippen LogP) is 2.26. The van der Waals surface area contributed by atoms with Crippen LogP contribution in [0.25, 0.3) is 0 Å². The highest BCUT2D eigenvalue weighted by Gasteiger charge is 2.43. The molecule has 0 unspecified atom stereocenters. The molecule has 5 nitrogen and oxygen atoms in total. The lowest BCUT2D eigenvalue weighted by Gasteiger charge is -2.39. The Morgan fingerprint density at radius 1 is 1.08 bits per heavy atom. The molecule has 24 heavy (non-hydrogen) atoms. The van der Waals surface area contributed by atoms with Gasteiger partial charge in [0, 0.05) is 44.7 Å². The number of morpholine rings is 1. The van der Waals surface area contributed by atoms with Crippen molar-refractivity contribution in [2.24, 2.45) is 5.92 Å². The molecule has 0 radical (unpaired) electrons. The van der Waals surface area contributed by atoms with E-state index < -0.39 is 0 Å². The third-order valence-electron chi connectivity index (χ3n) is 5.67. The fraction of sp³-hybridized carbons (Fsp3) is 0.737. The van der Waals surface area contributed by atoms with Gasteiger partial charge in [-0.2, -0.15) is 0 Å². The van der Waals surface area contributed by atoms with E-state index in [0.29, 0.717) is 12.0 Å². The molecule has 132 valence electrons. The normalized spacial score (nSPS) is 31.9. The molecule has 0 bridgehead atoms. The zero-order valence-electron chi connectivity index (χ0n) is 14.3. The van der Waals surface area contributed by atoms with E-state index in [1.165, 1.54) is 12.0 Å². The Hall–Kier alpha value is -1.01. The molecular weight excluding hydrogens is 304 g/mol. The number of ether oxygens (including phenoxy) is 3. The molecular formula is C19H28N2O3. The highest BCUT2D eigenvalue weighted by molar-refractivity contribution is 5.10. The van der Waals surface area contributed by atoms with Gasteiger partial charge in [-0.05, 0) is 49.3 Å². The zero-order valence-corrected chi connectivity index (χ0v) is 14.3. The molecule has 1 aromatic rings. The Labute approximate surface area is 144 Å². The van der Waals surface area contributed by atoms with Gasteiger partial charge in [0.05, 0.1) is 25.4 Å². The average Bonchev–Trinajstić information content (AvgIpc) is 3.06. The Bertz CT molecular complexity index is 507. The average molecular weight is 332 g/mol. The Kier molecular flexibility index (Phi) is 5.43. The number of pyridine rings is 1. The Morgan fingerprint density at radius 2 is 1.92 bits per heavy atom. The van der Waals surface area contributed by atoms with E-state index in [1.54, 1.807) is 0 Å². The lowest BCUT2D eigenvalue weighted by Crippen LogP contribution is -2.51. The van der Waals surface area contributed by atoms with Crippen molar-refractivity contribution in [3.05, 3.63) is 30.1 Å². The summed E-state index contributed by atoms with van der Waals surface area (Å²) in [6, 6.07) is 4.71. The van der Waals surface area contributed by atoms with Gasteiger partial charge in [-0.3, -0.25) is 9.88 Å². The standard InChI is InChI=1S/C19H28N2O3/c1-2-18(24-14-16-5-10-22-11-6-16)19-17(1)21(9-12-23-19)13-15-3-7-20-8-4-15/h3-4,7-8,16-19H,1-2,5-6,9-14H2/t17-,18+,19+/m0/s1. The number of hydrogen-bond donors (Lipinski definition) is 0. The van der Waals surface area contributed by atoms with Crippen molar-refractivity contribution in [1.29, 1.82) is 0 Å². The van der Waals surface area contributed by atoms with Crippen molar-refractivity contribution in [3.8, 4) is 0 Å². The van der Waals surface area contributed by atoms with Crippen molar-refractivity contribution >= 4 is 0 Å². The third-order valence-corrected chi connectivity index (χ3v) is 5.67. The van der Waals surface area contributed by atoms with E-state index in [1.807, 2.05) is 12.4 Å². The van der Waals surface area contributed by atoms with Crippen LogP contribution in [-0.2, 0) is 20.8 Å². The van der Waals surface area contributed by atoms with E-state index in [2.05, 4.69) is 22.0 Å². The summed E-state index contributed by atoms with van der Waals surface area (Å²) in [5.41, 5.74) is 1.33. The van der Waals surface area contributed by atoms with Gasteiger partial charge in [-0.25, -0.2) is 0 Å². The van der Waals surface area contributed by atoms with Crippen molar-refractivity contribution in [2.75, 3.05) is 33.0 Å². The smallest absolute Gasteiger partial charge is 0.0992 e. The summed E-state index contributed by atoms with van der Waals surface area (Å²) in [4.78, 5) is 6.68. The SMILES string of the molecule is c1cc(CN2CCO[C@H]3[C@H](OCC4CCOCC4)CC[C@@H]32)ccn1. The van der Waals surface area contributed by atoms with E-state index in [-0.39, 0.29) is 12.2 Å². The molecule has 3 aliphatic rings. The first-order valence-electron chi connectivity index (χ1n) is 9.34. The quantitative estimate of drug-likeness (QED) is 0.827. The summed E-state index contributed by atoms with van der Waals surface area (Å²) in [5.74, 6) is 0.661. The van der Waals surface area contributed by atoms with Crippen LogP contribution in [0.4, 0.5) is 0 Å². The summed E-state index contributed by atoms with van der Waals surface area (Å²) in [6.45, 7) is 5.45. The van der Waals surface area contributed by atoms with Crippen LogP contribution < -0.4 is 0 Å². The maximum absolute atomic E-state index is 6.29. The van der Waals surface area contributed by atoms with Crippen LogP contribution in [0.5, 0.6) is 0 Å². The second kappa shape index (κ2) is 7.91. The first-order chi connectivity index (χ1) is 11.9. The molecule has 2 aliphatic heterocycles. The van der Waals surface area contributed by atoms with Crippen LogP contribution in [0, 0.1) is 5.92 Å². The Balaban J connectivity index is 1.32. The maximum Gasteiger partial charge on any atom is 0.0992 e. The van der Waals surface area contributed by atoms with E-state index >= 15 is 0 Å². The second-order valence-corrected chi connectivity index (χ2v) is 7.23. The third kappa shape index (κ3) is 3.80. The lowest BCUT2D eigenvalue weighted by atomic mass is 10.0. The molecule has 3 fully saturated rings. The van der Waals surface area contributed by atoms with Crippen molar-refractivity contribution in [3.63, 3.8) is 0 Å². The van der Waals surface area contributed by atoms with E-state index in [9.17, 15) is 0 Å². The van der Waals surface area contributed by atoms with Gasteiger partial charge in [0.15, 0.2) is 0 Å². The van der Waals surface area contributed by atoms with Crippen molar-refractivity contribution in [1.82, 2.24) is 9.88 Å². The molecule has 0 spiro atoms. The van der Waals surface area contributed by atoms with Crippen molar-refractivity contribution < 1.29 is 14.2 Å². The molecule has 5 heteroatoms. The number of aromatic nitrogens is 1. The fourth-order valence-corrected chi connectivity index (χ4v) is 4.26. The summed E-state index contributed by atoms with van der Waals surface area (Å²) in [7, 11) is 0. The van der Waals surface area contributed by atoms with Gasteiger partial charge < -0.3 is 14.2 Å². The van der Waals surface area contributed by atoms with Gasteiger partial charge in [-0.1, -0.05) is 0 Å². The maximum atomic E-state index is 6.29. The molecule has 0 amide bonds. The molecule has 3 atom stereocenters. The summed E-state index contributed by atoms with van der Waals surface area (Å²) in [5, 5.41) is 0. The van der Waals surface area contributed by atoms with Gasteiger partial charge in [0.1, 0.15) is 0 Å². The van der Waals surface area contributed by atoms with Crippen LogP contribution >= 0.6 is 0 Å². The Morgan fingerprint density at radius 3 is 2.75 bits per heavy atom. The molecule has 1 aliphatic carbocycles. The molecule has 0 aromatic carbocycles. The van der Waals surface area contributed by atoms with Crippen LogP contribution in [-0.4, -0.2) is 61.1 Å². The molecule has 1 aromatic heterocycles. The summed E-state index contributed by atoms with van der Waals surface area (Å²) < 4.78 is 17.8. The highest BCUT2D eigenvalue weighted by atomic mass is 16.5. The lowest BCUT2D eigenvalue weighted by molar-refractivity contribution is -0.122. The van der Waals surface area contributed by atoms with Crippen LogP contribution in [0.3, 0.4) is 0 Å². The summed E-state index contributed by atoms with van der Waals surface area (Å²) in [6.07, 6.45) is 8.81. The van der Waals surface area contributed by atoms with E-state index in [0.717, 1.165) is 58.8 Å².